The predicted molar refractivity (Wildman–Crippen MR) is 88.0 cm³/mol. The van der Waals surface area contributed by atoms with Gasteiger partial charge in [-0.05, 0) is 28.6 Å². The lowest BCUT2D eigenvalue weighted by Gasteiger charge is -2.28. The van der Waals surface area contributed by atoms with Gasteiger partial charge < -0.3 is 9.47 Å². The number of rotatable bonds is 3. The van der Waals surface area contributed by atoms with Crippen molar-refractivity contribution in [3.8, 4) is 5.69 Å². The first-order chi connectivity index (χ1) is 12.1. The zero-order chi connectivity index (χ0) is 17.4. The minimum Gasteiger partial charge on any atom is -0.329 e. The highest BCUT2D eigenvalue weighted by Crippen LogP contribution is 2.20. The lowest BCUT2D eigenvalue weighted by atomic mass is 10.1. The van der Waals surface area contributed by atoms with E-state index in [9.17, 15) is 4.79 Å². The fourth-order valence-electron chi connectivity index (χ4n) is 3.02. The molecule has 1 amide bonds. The molecule has 25 heavy (non-hydrogen) atoms. The molecular formula is C16H18N8O. The Kier molecular flexibility index (Phi) is 3.75. The van der Waals surface area contributed by atoms with Crippen molar-refractivity contribution in [2.24, 2.45) is 0 Å². The van der Waals surface area contributed by atoms with Gasteiger partial charge in [-0.15, -0.1) is 15.3 Å². The van der Waals surface area contributed by atoms with Crippen molar-refractivity contribution in [2.45, 2.75) is 32.9 Å². The van der Waals surface area contributed by atoms with Crippen LogP contribution in [0.1, 0.15) is 41.8 Å². The zero-order valence-corrected chi connectivity index (χ0v) is 14.1. The average molecular weight is 338 g/mol. The molecule has 0 N–H and O–H groups in total. The number of aromatic nitrogens is 7. The average Bonchev–Trinajstić information content (AvgIpc) is 3.30. The van der Waals surface area contributed by atoms with Crippen LogP contribution >= 0.6 is 0 Å². The molecule has 0 saturated carbocycles. The molecule has 128 valence electrons. The van der Waals surface area contributed by atoms with Crippen LogP contribution in [0.25, 0.3) is 5.69 Å². The Hall–Kier alpha value is -3.10. The van der Waals surface area contributed by atoms with Crippen molar-refractivity contribution >= 4 is 5.91 Å². The van der Waals surface area contributed by atoms with E-state index in [0.717, 1.165) is 17.3 Å². The standard InChI is InChI=1S/C16H18N8O/c1-11(2)15-19-18-14-9-22(6-7-23(14)15)16(25)12-4-3-5-13(8-12)24-10-17-20-21-24/h3-5,8,10-11H,6-7,9H2,1-2H3. The molecule has 9 heteroatoms. The number of benzene rings is 1. The van der Waals surface area contributed by atoms with Gasteiger partial charge >= 0.3 is 0 Å². The molecule has 0 bridgehead atoms. The summed E-state index contributed by atoms with van der Waals surface area (Å²) in [4.78, 5) is 14.7. The van der Waals surface area contributed by atoms with Crippen molar-refractivity contribution in [3.05, 3.63) is 47.8 Å². The summed E-state index contributed by atoms with van der Waals surface area (Å²) >= 11 is 0. The molecular weight excluding hydrogens is 320 g/mol. The molecule has 0 saturated heterocycles. The van der Waals surface area contributed by atoms with Crippen molar-refractivity contribution in [3.63, 3.8) is 0 Å². The van der Waals surface area contributed by atoms with Crippen LogP contribution < -0.4 is 0 Å². The van der Waals surface area contributed by atoms with E-state index in [1.807, 2.05) is 12.1 Å². The number of carbonyl (C=O) groups is 1. The van der Waals surface area contributed by atoms with Gasteiger partial charge in [-0.25, -0.2) is 4.68 Å². The maximum atomic E-state index is 12.9. The van der Waals surface area contributed by atoms with E-state index in [4.69, 9.17) is 0 Å². The molecule has 1 aliphatic rings. The van der Waals surface area contributed by atoms with Crippen LogP contribution in [0.5, 0.6) is 0 Å². The number of nitrogens with zero attached hydrogens (tertiary/aromatic N) is 8. The molecule has 4 rings (SSSR count). The Balaban J connectivity index is 1.57. The quantitative estimate of drug-likeness (QED) is 0.708. The van der Waals surface area contributed by atoms with Crippen LogP contribution in [0.2, 0.25) is 0 Å². The second-order valence-corrected chi connectivity index (χ2v) is 6.31. The Morgan fingerprint density at radius 3 is 2.84 bits per heavy atom. The summed E-state index contributed by atoms with van der Waals surface area (Å²) in [5.74, 6) is 2.09. The van der Waals surface area contributed by atoms with Crippen LogP contribution in [-0.4, -0.2) is 52.3 Å². The van der Waals surface area contributed by atoms with Crippen molar-refractivity contribution in [1.29, 1.82) is 0 Å². The molecule has 0 radical (unpaired) electrons. The Labute approximate surface area is 144 Å². The van der Waals surface area contributed by atoms with Gasteiger partial charge in [0.1, 0.15) is 12.2 Å². The van der Waals surface area contributed by atoms with E-state index in [1.54, 1.807) is 17.0 Å². The summed E-state index contributed by atoms with van der Waals surface area (Å²) < 4.78 is 3.64. The van der Waals surface area contributed by atoms with Crippen molar-refractivity contribution in [1.82, 2.24) is 39.9 Å². The number of hydrogen-bond donors (Lipinski definition) is 0. The molecule has 0 aliphatic carbocycles. The number of hydrogen-bond acceptors (Lipinski definition) is 6. The molecule has 0 unspecified atom stereocenters. The lowest BCUT2D eigenvalue weighted by Crippen LogP contribution is -2.38. The van der Waals surface area contributed by atoms with E-state index in [1.165, 1.54) is 11.0 Å². The first kappa shape index (κ1) is 15.4. The van der Waals surface area contributed by atoms with E-state index in [-0.39, 0.29) is 5.91 Å². The number of amides is 1. The fraction of sp³-hybridized carbons (Fsp3) is 0.375. The lowest BCUT2D eigenvalue weighted by molar-refractivity contribution is 0.0706. The van der Waals surface area contributed by atoms with Crippen LogP contribution in [0.15, 0.2) is 30.6 Å². The number of carbonyl (C=O) groups excluding carboxylic acids is 1. The molecule has 2 aromatic heterocycles. The maximum Gasteiger partial charge on any atom is 0.254 e. The largest absolute Gasteiger partial charge is 0.329 e. The highest BCUT2D eigenvalue weighted by Gasteiger charge is 2.26. The van der Waals surface area contributed by atoms with Gasteiger partial charge in [0.05, 0.1) is 12.2 Å². The fourth-order valence-corrected chi connectivity index (χ4v) is 3.02. The van der Waals surface area contributed by atoms with Crippen LogP contribution in [0, 0.1) is 0 Å². The topological polar surface area (TPSA) is 94.6 Å². The highest BCUT2D eigenvalue weighted by molar-refractivity contribution is 5.94. The van der Waals surface area contributed by atoms with Crippen molar-refractivity contribution < 1.29 is 4.79 Å². The summed E-state index contributed by atoms with van der Waals surface area (Å²) in [6, 6.07) is 7.27. The highest BCUT2D eigenvalue weighted by atomic mass is 16.2. The van der Waals surface area contributed by atoms with Gasteiger partial charge in [-0.1, -0.05) is 19.9 Å². The second-order valence-electron chi connectivity index (χ2n) is 6.31. The molecule has 9 nitrogen and oxygen atoms in total. The Morgan fingerprint density at radius 1 is 1.20 bits per heavy atom. The predicted octanol–water partition coefficient (Wildman–Crippen LogP) is 1.03. The first-order valence-corrected chi connectivity index (χ1v) is 8.18. The third-order valence-corrected chi connectivity index (χ3v) is 4.29. The molecule has 3 heterocycles. The van der Waals surface area contributed by atoms with E-state index in [2.05, 4.69) is 44.1 Å². The molecule has 0 spiro atoms. The SMILES string of the molecule is CC(C)c1nnc2n1CCN(C(=O)c1cccc(-n3cnnn3)c1)C2. The van der Waals surface area contributed by atoms with Crippen molar-refractivity contribution in [2.75, 3.05) is 6.54 Å². The Morgan fingerprint density at radius 2 is 2.08 bits per heavy atom. The Bertz CT molecular complexity index is 899. The molecule has 0 atom stereocenters. The normalized spacial score (nSPS) is 14.0. The van der Waals surface area contributed by atoms with Gasteiger partial charge in [0, 0.05) is 24.6 Å². The van der Waals surface area contributed by atoms with Crippen LogP contribution in [0.3, 0.4) is 0 Å². The van der Waals surface area contributed by atoms with E-state index in [0.29, 0.717) is 31.1 Å². The first-order valence-electron chi connectivity index (χ1n) is 8.18. The van der Waals surface area contributed by atoms with Crippen LogP contribution in [0.4, 0.5) is 0 Å². The summed E-state index contributed by atoms with van der Waals surface area (Å²) in [5.41, 5.74) is 1.35. The monoisotopic (exact) mass is 338 g/mol. The zero-order valence-electron chi connectivity index (χ0n) is 14.1. The number of fused-ring (bicyclic) bond motifs is 1. The van der Waals surface area contributed by atoms with Gasteiger partial charge in [0.25, 0.3) is 5.91 Å². The van der Waals surface area contributed by atoms with Gasteiger partial charge in [-0.2, -0.15) is 0 Å². The minimum atomic E-state index is -0.0322. The molecule has 0 fully saturated rings. The minimum absolute atomic E-state index is 0.0322. The number of tetrazole rings is 1. The van der Waals surface area contributed by atoms with Crippen LogP contribution in [-0.2, 0) is 13.1 Å². The summed E-state index contributed by atoms with van der Waals surface area (Å²) in [5, 5.41) is 19.6. The maximum absolute atomic E-state index is 12.9. The van der Waals surface area contributed by atoms with Gasteiger partial charge in [0.15, 0.2) is 5.82 Å². The van der Waals surface area contributed by atoms with Gasteiger partial charge in [0.2, 0.25) is 0 Å². The van der Waals surface area contributed by atoms with E-state index < -0.39 is 0 Å². The third kappa shape index (κ3) is 2.77. The third-order valence-electron chi connectivity index (χ3n) is 4.29. The van der Waals surface area contributed by atoms with Gasteiger partial charge in [-0.3, -0.25) is 4.79 Å². The molecule has 3 aromatic rings. The smallest absolute Gasteiger partial charge is 0.254 e. The summed E-state index contributed by atoms with van der Waals surface area (Å²) in [6.07, 6.45) is 1.50. The second kappa shape index (κ2) is 6.08. The summed E-state index contributed by atoms with van der Waals surface area (Å²) in [6.45, 7) is 6.01. The molecule has 1 aliphatic heterocycles. The summed E-state index contributed by atoms with van der Waals surface area (Å²) in [7, 11) is 0. The molecule has 1 aromatic carbocycles. The van der Waals surface area contributed by atoms with E-state index >= 15 is 0 Å².